The Kier molecular flexibility index (Phi) is 4.46. The van der Waals surface area contributed by atoms with Crippen LogP contribution in [0.25, 0.3) is 16.5 Å². The number of Topliss-reactive ketones (excluding diaryl/α,β-unsaturated/α-hetero) is 2. The summed E-state index contributed by atoms with van der Waals surface area (Å²) in [4.78, 5) is 31.3. The summed E-state index contributed by atoms with van der Waals surface area (Å²) >= 11 is 0. The molecule has 1 aromatic heterocycles. The first-order valence-electron chi connectivity index (χ1n) is 9.44. The number of pyridine rings is 1. The summed E-state index contributed by atoms with van der Waals surface area (Å²) in [5.41, 5.74) is 2.31. The van der Waals surface area contributed by atoms with Gasteiger partial charge in [-0.3, -0.25) is 9.59 Å². The van der Waals surface area contributed by atoms with Crippen LogP contribution >= 0.6 is 0 Å². The van der Waals surface area contributed by atoms with E-state index in [0.717, 1.165) is 5.39 Å². The van der Waals surface area contributed by atoms with E-state index < -0.39 is 5.54 Å². The van der Waals surface area contributed by atoms with E-state index in [1.54, 1.807) is 25.3 Å². The molecule has 5 heteroatoms. The van der Waals surface area contributed by atoms with Crippen LogP contribution in [0.2, 0.25) is 0 Å². The number of aromatic nitrogens is 1. The predicted molar refractivity (Wildman–Crippen MR) is 113 cm³/mol. The number of hydrogen-bond acceptors (Lipinski definition) is 5. The number of hydrogen-bond donors (Lipinski definition) is 1. The third-order valence-corrected chi connectivity index (χ3v) is 4.74. The third kappa shape index (κ3) is 3.40. The van der Waals surface area contributed by atoms with Crippen molar-refractivity contribution < 1.29 is 14.3 Å². The normalized spacial score (nSPS) is 13.6. The quantitative estimate of drug-likeness (QED) is 0.672. The number of rotatable bonds is 4. The van der Waals surface area contributed by atoms with E-state index >= 15 is 0 Å². The third-order valence-electron chi connectivity index (χ3n) is 4.74. The van der Waals surface area contributed by atoms with Crippen molar-refractivity contribution >= 4 is 28.0 Å². The Morgan fingerprint density at radius 1 is 1.03 bits per heavy atom. The molecule has 29 heavy (non-hydrogen) atoms. The highest BCUT2D eigenvalue weighted by Crippen LogP contribution is 2.36. The lowest BCUT2D eigenvalue weighted by molar-refractivity contribution is 0.101. The molecular formula is C24H22N2O3. The average molecular weight is 386 g/mol. The zero-order valence-corrected chi connectivity index (χ0v) is 16.9. The molecule has 0 saturated carbocycles. The Morgan fingerprint density at radius 3 is 2.41 bits per heavy atom. The number of methoxy groups -OCH3 is 1. The molecular weight excluding hydrogens is 364 g/mol. The minimum atomic E-state index is -0.391. The highest BCUT2D eigenvalue weighted by Gasteiger charge is 2.37. The van der Waals surface area contributed by atoms with E-state index in [1.807, 2.05) is 57.2 Å². The first-order chi connectivity index (χ1) is 13.8. The van der Waals surface area contributed by atoms with Crippen molar-refractivity contribution in [2.75, 3.05) is 7.11 Å². The van der Waals surface area contributed by atoms with Crippen LogP contribution < -0.4 is 10.1 Å². The molecule has 0 unspecified atom stereocenters. The van der Waals surface area contributed by atoms with E-state index in [2.05, 4.69) is 5.32 Å². The Labute approximate surface area is 169 Å². The minimum Gasteiger partial charge on any atom is -0.497 e. The molecule has 0 atom stereocenters. The summed E-state index contributed by atoms with van der Waals surface area (Å²) in [6, 6.07) is 16.2. The van der Waals surface area contributed by atoms with E-state index in [-0.39, 0.29) is 11.6 Å². The molecule has 0 spiro atoms. The van der Waals surface area contributed by atoms with Gasteiger partial charge in [-0.25, -0.2) is 4.98 Å². The fourth-order valence-corrected chi connectivity index (χ4v) is 3.46. The minimum absolute atomic E-state index is 0.216. The van der Waals surface area contributed by atoms with E-state index in [4.69, 9.17) is 9.72 Å². The van der Waals surface area contributed by atoms with Gasteiger partial charge >= 0.3 is 0 Å². The Morgan fingerprint density at radius 2 is 1.76 bits per heavy atom. The maximum Gasteiger partial charge on any atom is 0.211 e. The van der Waals surface area contributed by atoms with E-state index in [9.17, 15) is 9.59 Å². The molecule has 1 N–H and O–H groups in total. The Hall–Kier alpha value is -3.47. The van der Waals surface area contributed by atoms with Gasteiger partial charge in [0.15, 0.2) is 5.78 Å². The SMILES string of the molecule is COc1ccc2nc3c(cc2c1)C(=O)C(NC(C)(C)C)=C3C(=O)c1ccccc1. The number of carbonyl (C=O) groups is 2. The first kappa shape index (κ1) is 18.9. The standard InChI is InChI=1S/C24H22N2O3/c1-24(2,3)26-21-19(22(27)14-8-6-5-7-9-14)20-17(23(21)28)13-15-12-16(29-4)10-11-18(15)25-20/h5-13H,1-4H3,(H,26,28). The second-order valence-electron chi connectivity index (χ2n) is 8.09. The molecule has 0 amide bonds. The van der Waals surface area contributed by atoms with Crippen molar-refractivity contribution in [2.45, 2.75) is 26.3 Å². The highest BCUT2D eigenvalue weighted by atomic mass is 16.5. The number of allylic oxidation sites excluding steroid dienone is 2. The predicted octanol–water partition coefficient (Wildman–Crippen LogP) is 4.42. The highest BCUT2D eigenvalue weighted by molar-refractivity contribution is 6.39. The number of carbonyl (C=O) groups excluding carboxylic acids is 2. The molecule has 1 heterocycles. The Bertz CT molecular complexity index is 1170. The smallest absolute Gasteiger partial charge is 0.211 e. The lowest BCUT2D eigenvalue weighted by Crippen LogP contribution is -2.37. The van der Waals surface area contributed by atoms with E-state index in [0.29, 0.717) is 39.4 Å². The van der Waals surface area contributed by atoms with Crippen LogP contribution in [0.1, 0.15) is 47.2 Å². The van der Waals surface area contributed by atoms with Gasteiger partial charge in [0.1, 0.15) is 5.75 Å². The molecule has 3 aromatic rings. The number of ether oxygens (including phenoxy) is 1. The van der Waals surface area contributed by atoms with Crippen LogP contribution in [-0.4, -0.2) is 29.2 Å². The molecule has 1 aliphatic carbocycles. The van der Waals surface area contributed by atoms with Crippen molar-refractivity contribution in [1.82, 2.24) is 10.3 Å². The number of nitrogens with zero attached hydrogens (tertiary/aromatic N) is 1. The average Bonchev–Trinajstić information content (AvgIpc) is 2.95. The lowest BCUT2D eigenvalue weighted by Gasteiger charge is -2.23. The Balaban J connectivity index is 1.94. The molecule has 0 aliphatic heterocycles. The van der Waals surface area contributed by atoms with Gasteiger partial charge in [-0.15, -0.1) is 0 Å². The van der Waals surface area contributed by atoms with Crippen molar-refractivity contribution in [3.63, 3.8) is 0 Å². The fourth-order valence-electron chi connectivity index (χ4n) is 3.46. The van der Waals surface area contributed by atoms with Gasteiger partial charge in [0, 0.05) is 16.5 Å². The lowest BCUT2D eigenvalue weighted by atomic mass is 9.99. The summed E-state index contributed by atoms with van der Waals surface area (Å²) in [5, 5.41) is 4.03. The van der Waals surface area contributed by atoms with Crippen molar-refractivity contribution in [1.29, 1.82) is 0 Å². The topological polar surface area (TPSA) is 68.3 Å². The van der Waals surface area contributed by atoms with Crippen molar-refractivity contribution in [3.05, 3.63) is 77.1 Å². The monoisotopic (exact) mass is 386 g/mol. The van der Waals surface area contributed by atoms with Gasteiger partial charge in [0.2, 0.25) is 5.78 Å². The molecule has 0 bridgehead atoms. The zero-order valence-electron chi connectivity index (χ0n) is 16.9. The van der Waals surface area contributed by atoms with Crippen molar-refractivity contribution in [2.24, 2.45) is 0 Å². The molecule has 2 aromatic carbocycles. The molecule has 4 rings (SSSR count). The molecule has 5 nitrogen and oxygen atoms in total. The van der Waals surface area contributed by atoms with E-state index in [1.165, 1.54) is 0 Å². The summed E-state index contributed by atoms with van der Waals surface area (Å²) in [5.74, 6) is 0.252. The van der Waals surface area contributed by atoms with Gasteiger partial charge in [-0.1, -0.05) is 30.3 Å². The van der Waals surface area contributed by atoms with Crippen LogP contribution in [0.15, 0.2) is 60.3 Å². The maximum atomic E-state index is 13.4. The van der Waals surface area contributed by atoms with Crippen LogP contribution in [0.5, 0.6) is 5.75 Å². The molecule has 146 valence electrons. The number of nitrogens with one attached hydrogen (secondary N) is 1. The molecule has 0 radical (unpaired) electrons. The van der Waals surface area contributed by atoms with Crippen LogP contribution in [0, 0.1) is 0 Å². The van der Waals surface area contributed by atoms with Crippen LogP contribution in [-0.2, 0) is 0 Å². The summed E-state index contributed by atoms with van der Waals surface area (Å²) in [7, 11) is 1.59. The van der Waals surface area contributed by atoms with Gasteiger partial charge in [-0.2, -0.15) is 0 Å². The molecule has 1 aliphatic rings. The number of benzene rings is 2. The second kappa shape index (κ2) is 6.85. The largest absolute Gasteiger partial charge is 0.497 e. The number of ketones is 2. The van der Waals surface area contributed by atoms with Gasteiger partial charge in [0.05, 0.1) is 35.2 Å². The molecule has 0 saturated heterocycles. The van der Waals surface area contributed by atoms with Crippen LogP contribution in [0.4, 0.5) is 0 Å². The summed E-state index contributed by atoms with van der Waals surface area (Å²) in [6.07, 6.45) is 0. The van der Waals surface area contributed by atoms with Gasteiger partial charge < -0.3 is 10.1 Å². The van der Waals surface area contributed by atoms with Gasteiger partial charge in [-0.05, 0) is 45.0 Å². The maximum absolute atomic E-state index is 13.4. The summed E-state index contributed by atoms with van der Waals surface area (Å²) < 4.78 is 5.28. The first-order valence-corrected chi connectivity index (χ1v) is 9.44. The van der Waals surface area contributed by atoms with Crippen LogP contribution in [0.3, 0.4) is 0 Å². The molecule has 0 fully saturated rings. The fraction of sp³-hybridized carbons (Fsp3) is 0.208. The second-order valence-corrected chi connectivity index (χ2v) is 8.09. The van der Waals surface area contributed by atoms with Gasteiger partial charge in [0.25, 0.3) is 0 Å². The zero-order chi connectivity index (χ0) is 20.8. The summed E-state index contributed by atoms with van der Waals surface area (Å²) in [6.45, 7) is 5.86. The number of fused-ring (bicyclic) bond motifs is 2. The van der Waals surface area contributed by atoms with Crippen molar-refractivity contribution in [3.8, 4) is 5.75 Å².